The van der Waals surface area contributed by atoms with Crippen LogP contribution in [0, 0.1) is 19.7 Å². The second kappa shape index (κ2) is 8.64. The third-order valence-electron chi connectivity index (χ3n) is 6.16. The number of piperazine rings is 1. The lowest BCUT2D eigenvalue weighted by Gasteiger charge is -2.36. The highest BCUT2D eigenvalue weighted by Crippen LogP contribution is 2.32. The molecule has 32 heavy (non-hydrogen) atoms. The molecular formula is C22H28FN3O4S2. The van der Waals surface area contributed by atoms with E-state index in [2.05, 4.69) is 0 Å². The van der Waals surface area contributed by atoms with Gasteiger partial charge in [-0.1, -0.05) is 12.1 Å². The maximum atomic E-state index is 14.1. The van der Waals surface area contributed by atoms with E-state index in [0.29, 0.717) is 48.6 Å². The van der Waals surface area contributed by atoms with Gasteiger partial charge in [0.15, 0.2) is 0 Å². The normalized spacial score (nSPS) is 19.8. The molecule has 7 nitrogen and oxygen atoms in total. The van der Waals surface area contributed by atoms with Crippen LogP contribution in [0.25, 0.3) is 0 Å². The van der Waals surface area contributed by atoms with Crippen LogP contribution in [0.4, 0.5) is 15.8 Å². The molecule has 0 unspecified atom stereocenters. The van der Waals surface area contributed by atoms with Crippen molar-refractivity contribution in [3.8, 4) is 0 Å². The van der Waals surface area contributed by atoms with Crippen LogP contribution >= 0.6 is 0 Å². The van der Waals surface area contributed by atoms with Gasteiger partial charge in [-0.2, -0.15) is 4.31 Å². The van der Waals surface area contributed by atoms with Crippen molar-refractivity contribution in [3.05, 3.63) is 53.3 Å². The minimum Gasteiger partial charge on any atom is -0.367 e. The molecule has 0 amide bonds. The van der Waals surface area contributed by atoms with Crippen LogP contribution in [-0.2, 0) is 20.0 Å². The predicted molar refractivity (Wildman–Crippen MR) is 124 cm³/mol. The lowest BCUT2D eigenvalue weighted by atomic mass is 10.1. The summed E-state index contributed by atoms with van der Waals surface area (Å²) in [6.45, 7) is 5.13. The third kappa shape index (κ3) is 4.23. The molecule has 174 valence electrons. The Labute approximate surface area is 189 Å². The zero-order chi connectivity index (χ0) is 23.1. The van der Waals surface area contributed by atoms with E-state index in [9.17, 15) is 21.2 Å². The molecule has 0 aromatic heterocycles. The minimum atomic E-state index is -3.76. The van der Waals surface area contributed by atoms with Crippen LogP contribution in [-0.4, -0.2) is 59.6 Å². The molecule has 4 rings (SSSR count). The van der Waals surface area contributed by atoms with Gasteiger partial charge in [-0.25, -0.2) is 21.2 Å². The standard InChI is InChI=1S/C22H28FN3O4S2/c1-17-16-22(18(2)15-21(17)26-9-5-6-14-31(26,27)28)32(29,30)25-12-10-24(11-13-25)20-8-4-3-7-19(20)23/h3-4,7-8,15-16H,5-6,9-14H2,1-2H3. The highest BCUT2D eigenvalue weighted by Gasteiger charge is 2.32. The molecule has 2 aromatic carbocycles. The molecule has 10 heteroatoms. The first kappa shape index (κ1) is 23.0. The molecule has 2 aromatic rings. The van der Waals surface area contributed by atoms with Gasteiger partial charge in [-0.15, -0.1) is 0 Å². The number of aryl methyl sites for hydroxylation is 2. The van der Waals surface area contributed by atoms with Gasteiger partial charge in [0.2, 0.25) is 20.0 Å². The zero-order valence-corrected chi connectivity index (χ0v) is 19.9. The van der Waals surface area contributed by atoms with Gasteiger partial charge in [0.25, 0.3) is 0 Å². The Kier molecular flexibility index (Phi) is 6.21. The van der Waals surface area contributed by atoms with E-state index in [-0.39, 0.29) is 29.6 Å². The quantitative estimate of drug-likeness (QED) is 0.671. The summed E-state index contributed by atoms with van der Waals surface area (Å²) in [5.41, 5.74) is 2.15. The molecule has 0 atom stereocenters. The van der Waals surface area contributed by atoms with E-state index in [1.165, 1.54) is 14.7 Å². The van der Waals surface area contributed by atoms with E-state index < -0.39 is 20.0 Å². The number of para-hydroxylation sites is 1. The zero-order valence-electron chi connectivity index (χ0n) is 18.3. The number of halogens is 1. The summed E-state index contributed by atoms with van der Waals surface area (Å²) < 4.78 is 68.7. The first-order valence-corrected chi connectivity index (χ1v) is 13.8. The van der Waals surface area contributed by atoms with E-state index in [1.54, 1.807) is 44.2 Å². The number of nitrogens with zero attached hydrogens (tertiary/aromatic N) is 3. The highest BCUT2D eigenvalue weighted by molar-refractivity contribution is 7.92. The summed E-state index contributed by atoms with van der Waals surface area (Å²) in [6.07, 6.45) is 1.42. The Balaban J connectivity index is 1.57. The van der Waals surface area contributed by atoms with Gasteiger partial charge in [-0.3, -0.25) is 4.31 Å². The van der Waals surface area contributed by atoms with Crippen molar-refractivity contribution >= 4 is 31.4 Å². The van der Waals surface area contributed by atoms with Crippen molar-refractivity contribution in [1.29, 1.82) is 0 Å². The molecule has 0 N–H and O–H groups in total. The summed E-state index contributed by atoms with van der Waals surface area (Å²) in [7, 11) is -7.15. The second-order valence-corrected chi connectivity index (χ2v) is 12.3. The van der Waals surface area contributed by atoms with Gasteiger partial charge in [0, 0.05) is 32.7 Å². The maximum absolute atomic E-state index is 14.1. The number of benzene rings is 2. The molecule has 2 aliphatic rings. The summed E-state index contributed by atoms with van der Waals surface area (Å²) in [6, 6.07) is 9.73. The van der Waals surface area contributed by atoms with E-state index in [1.807, 2.05) is 4.90 Å². The lowest BCUT2D eigenvalue weighted by molar-refractivity contribution is 0.383. The maximum Gasteiger partial charge on any atom is 0.243 e. The third-order valence-corrected chi connectivity index (χ3v) is 10.1. The predicted octanol–water partition coefficient (Wildman–Crippen LogP) is 2.88. The van der Waals surface area contributed by atoms with Gasteiger partial charge in [0.05, 0.1) is 22.0 Å². The van der Waals surface area contributed by atoms with E-state index in [4.69, 9.17) is 0 Å². The Bertz CT molecular complexity index is 1220. The first-order valence-electron chi connectivity index (χ1n) is 10.7. The summed E-state index contributed by atoms with van der Waals surface area (Å²) in [5.74, 6) is -0.212. The number of hydrogen-bond donors (Lipinski definition) is 0. The van der Waals surface area contributed by atoms with Crippen LogP contribution in [0.5, 0.6) is 0 Å². The fourth-order valence-corrected chi connectivity index (χ4v) is 7.80. The Morgan fingerprint density at radius 3 is 2.22 bits per heavy atom. The molecule has 2 aliphatic heterocycles. The smallest absolute Gasteiger partial charge is 0.243 e. The van der Waals surface area contributed by atoms with Crippen molar-refractivity contribution in [2.75, 3.05) is 47.7 Å². The molecule has 0 bridgehead atoms. The Morgan fingerprint density at radius 1 is 0.875 bits per heavy atom. The van der Waals surface area contributed by atoms with Crippen molar-refractivity contribution < 1.29 is 21.2 Å². The molecule has 0 aliphatic carbocycles. The van der Waals surface area contributed by atoms with Crippen molar-refractivity contribution in [2.24, 2.45) is 0 Å². The second-order valence-electron chi connectivity index (χ2n) is 8.34. The summed E-state index contributed by atoms with van der Waals surface area (Å²) in [4.78, 5) is 2.04. The molecule has 0 spiro atoms. The van der Waals surface area contributed by atoms with Crippen molar-refractivity contribution in [2.45, 2.75) is 31.6 Å². The average molecular weight is 482 g/mol. The number of rotatable bonds is 4. The van der Waals surface area contributed by atoms with Crippen LogP contribution in [0.2, 0.25) is 0 Å². The molecule has 2 heterocycles. The summed E-state index contributed by atoms with van der Waals surface area (Å²) >= 11 is 0. The van der Waals surface area contributed by atoms with Gasteiger partial charge < -0.3 is 4.90 Å². The Hall–Kier alpha value is -2.17. The number of hydrogen-bond acceptors (Lipinski definition) is 5. The molecule has 0 radical (unpaired) electrons. The summed E-state index contributed by atoms with van der Waals surface area (Å²) in [5, 5.41) is 0. The molecule has 2 fully saturated rings. The van der Waals surface area contributed by atoms with Gasteiger partial charge >= 0.3 is 0 Å². The van der Waals surface area contributed by atoms with Crippen LogP contribution in [0.3, 0.4) is 0 Å². The van der Waals surface area contributed by atoms with Crippen LogP contribution in [0.1, 0.15) is 24.0 Å². The van der Waals surface area contributed by atoms with Crippen molar-refractivity contribution in [3.63, 3.8) is 0 Å². The first-order chi connectivity index (χ1) is 15.1. The van der Waals surface area contributed by atoms with E-state index >= 15 is 0 Å². The monoisotopic (exact) mass is 481 g/mol. The van der Waals surface area contributed by atoms with Gasteiger partial charge in [0.1, 0.15) is 5.82 Å². The van der Waals surface area contributed by atoms with Crippen LogP contribution < -0.4 is 9.21 Å². The SMILES string of the molecule is Cc1cc(S(=O)(=O)N2CCN(c3ccccc3F)CC2)c(C)cc1N1CCCCS1(=O)=O. The Morgan fingerprint density at radius 2 is 1.56 bits per heavy atom. The molecular weight excluding hydrogens is 453 g/mol. The number of sulfonamides is 2. The van der Waals surface area contributed by atoms with Crippen molar-refractivity contribution in [1.82, 2.24) is 4.31 Å². The fourth-order valence-electron chi connectivity index (χ4n) is 4.40. The lowest BCUT2D eigenvalue weighted by Crippen LogP contribution is -2.49. The average Bonchev–Trinajstić information content (AvgIpc) is 2.75. The largest absolute Gasteiger partial charge is 0.367 e. The fraction of sp³-hybridized carbons (Fsp3) is 0.455. The number of anilines is 2. The van der Waals surface area contributed by atoms with Gasteiger partial charge in [-0.05, 0) is 62.1 Å². The molecule has 0 saturated carbocycles. The molecule has 2 saturated heterocycles. The van der Waals surface area contributed by atoms with Crippen LogP contribution in [0.15, 0.2) is 41.3 Å². The van der Waals surface area contributed by atoms with E-state index in [0.717, 1.165) is 6.42 Å². The highest BCUT2D eigenvalue weighted by atomic mass is 32.2. The topological polar surface area (TPSA) is 78.0 Å². The minimum absolute atomic E-state index is 0.109.